The number of amides is 1. The van der Waals surface area contributed by atoms with Crippen LogP contribution in [0.3, 0.4) is 0 Å². The molecule has 2 aromatic carbocycles. The highest BCUT2D eigenvalue weighted by Crippen LogP contribution is 2.31. The smallest absolute Gasteiger partial charge is 0.251 e. The molecule has 0 saturated carbocycles. The van der Waals surface area contributed by atoms with Gasteiger partial charge in [-0.25, -0.2) is 12.8 Å². The van der Waals surface area contributed by atoms with Gasteiger partial charge < -0.3 is 5.32 Å². The van der Waals surface area contributed by atoms with Crippen molar-refractivity contribution in [2.75, 3.05) is 16.6 Å². The third kappa shape index (κ3) is 4.16. The molecule has 0 bridgehead atoms. The summed E-state index contributed by atoms with van der Waals surface area (Å²) in [6.45, 7) is 0.585. The third-order valence-corrected chi connectivity index (χ3v) is 6.37. The van der Waals surface area contributed by atoms with Gasteiger partial charge in [-0.15, -0.1) is 0 Å². The van der Waals surface area contributed by atoms with E-state index in [1.54, 1.807) is 18.2 Å². The summed E-state index contributed by atoms with van der Waals surface area (Å²) in [4.78, 5) is 12.4. The molecule has 1 fully saturated rings. The first-order valence-electron chi connectivity index (χ1n) is 8.19. The number of benzene rings is 2. The summed E-state index contributed by atoms with van der Waals surface area (Å²) in [5, 5.41) is 3.02. The number of carbonyl (C=O) groups excluding carboxylic acids is 1. The Morgan fingerprint density at radius 2 is 1.88 bits per heavy atom. The highest BCUT2D eigenvalue weighted by Gasteiger charge is 2.28. The van der Waals surface area contributed by atoms with Crippen LogP contribution in [0.4, 0.5) is 10.1 Å². The van der Waals surface area contributed by atoms with Crippen LogP contribution < -0.4 is 9.62 Å². The molecule has 0 unspecified atom stereocenters. The Kier molecular flexibility index (Phi) is 5.48. The molecule has 26 heavy (non-hydrogen) atoms. The average Bonchev–Trinajstić information content (AvgIpc) is 2.61. The maximum absolute atomic E-state index is 12.9. The van der Waals surface area contributed by atoms with Gasteiger partial charge in [0.25, 0.3) is 5.91 Å². The van der Waals surface area contributed by atoms with Gasteiger partial charge in [0.05, 0.1) is 16.5 Å². The van der Waals surface area contributed by atoms with Gasteiger partial charge in [-0.05, 0) is 48.7 Å². The summed E-state index contributed by atoms with van der Waals surface area (Å²) in [7, 11) is -3.42. The van der Waals surface area contributed by atoms with Crippen molar-refractivity contribution >= 4 is 33.2 Å². The molecule has 5 nitrogen and oxygen atoms in total. The minimum absolute atomic E-state index is 0.0737. The van der Waals surface area contributed by atoms with Crippen LogP contribution in [0.25, 0.3) is 0 Å². The van der Waals surface area contributed by atoms with Gasteiger partial charge in [0, 0.05) is 18.7 Å². The van der Waals surface area contributed by atoms with Crippen molar-refractivity contribution in [2.45, 2.75) is 19.4 Å². The Bertz CT molecular complexity index is 917. The zero-order valence-electron chi connectivity index (χ0n) is 13.9. The van der Waals surface area contributed by atoms with Gasteiger partial charge in [-0.3, -0.25) is 9.10 Å². The zero-order valence-corrected chi connectivity index (χ0v) is 15.5. The predicted molar refractivity (Wildman–Crippen MR) is 99.4 cm³/mol. The van der Waals surface area contributed by atoms with Crippen molar-refractivity contribution in [3.63, 3.8) is 0 Å². The van der Waals surface area contributed by atoms with Crippen LogP contribution in [-0.2, 0) is 16.6 Å². The molecular formula is C18H18ClFN2O3S. The molecule has 3 rings (SSSR count). The lowest BCUT2D eigenvalue weighted by Crippen LogP contribution is -2.38. The molecule has 1 heterocycles. The molecule has 1 amide bonds. The number of nitrogens with one attached hydrogen (secondary N) is 1. The van der Waals surface area contributed by atoms with E-state index < -0.39 is 10.0 Å². The molecule has 1 saturated heterocycles. The molecular weight excluding hydrogens is 379 g/mol. The van der Waals surface area contributed by atoms with Crippen LogP contribution in [-0.4, -0.2) is 26.6 Å². The van der Waals surface area contributed by atoms with Crippen molar-refractivity contribution in [3.05, 3.63) is 64.4 Å². The Balaban J connectivity index is 1.78. The van der Waals surface area contributed by atoms with Crippen LogP contribution in [0, 0.1) is 5.82 Å². The van der Waals surface area contributed by atoms with Crippen molar-refractivity contribution in [1.82, 2.24) is 5.32 Å². The summed E-state index contributed by atoms with van der Waals surface area (Å²) in [6, 6.07) is 10.4. The van der Waals surface area contributed by atoms with E-state index in [0.29, 0.717) is 24.2 Å². The normalized spacial score (nSPS) is 16.3. The number of halogens is 2. The molecule has 1 aliphatic heterocycles. The zero-order chi connectivity index (χ0) is 18.7. The number of anilines is 1. The van der Waals surface area contributed by atoms with Gasteiger partial charge >= 0.3 is 0 Å². The van der Waals surface area contributed by atoms with E-state index in [2.05, 4.69) is 5.32 Å². The Morgan fingerprint density at radius 1 is 1.15 bits per heavy atom. The predicted octanol–water partition coefficient (Wildman–Crippen LogP) is 3.34. The second-order valence-electron chi connectivity index (χ2n) is 6.07. The molecule has 0 atom stereocenters. The molecule has 0 aromatic heterocycles. The van der Waals surface area contributed by atoms with Crippen molar-refractivity contribution < 1.29 is 17.6 Å². The minimum Gasteiger partial charge on any atom is -0.348 e. The van der Waals surface area contributed by atoms with Crippen LogP contribution in [0.1, 0.15) is 28.8 Å². The number of sulfonamides is 1. The van der Waals surface area contributed by atoms with Crippen molar-refractivity contribution in [3.8, 4) is 0 Å². The molecule has 1 N–H and O–H groups in total. The molecule has 2 aromatic rings. The SMILES string of the molecule is O=C(NCc1ccc(F)cc1)c1ccc(Cl)c(N2CCCCS2(=O)=O)c1. The molecule has 0 aliphatic carbocycles. The number of carbonyl (C=O) groups is 1. The Hall–Kier alpha value is -2.12. The van der Waals surface area contributed by atoms with Crippen LogP contribution in [0.5, 0.6) is 0 Å². The second kappa shape index (κ2) is 7.63. The van der Waals surface area contributed by atoms with Crippen LogP contribution >= 0.6 is 11.6 Å². The van der Waals surface area contributed by atoms with E-state index >= 15 is 0 Å². The van der Waals surface area contributed by atoms with E-state index in [1.165, 1.54) is 28.6 Å². The summed E-state index contributed by atoms with van der Waals surface area (Å²) < 4.78 is 38.8. The van der Waals surface area contributed by atoms with Gasteiger partial charge in [-0.1, -0.05) is 23.7 Å². The number of hydrogen-bond acceptors (Lipinski definition) is 3. The number of hydrogen-bond donors (Lipinski definition) is 1. The lowest BCUT2D eigenvalue weighted by atomic mass is 10.1. The van der Waals surface area contributed by atoms with Gasteiger partial charge in [-0.2, -0.15) is 0 Å². The summed E-state index contributed by atoms with van der Waals surface area (Å²) >= 11 is 6.18. The monoisotopic (exact) mass is 396 g/mol. The highest BCUT2D eigenvalue weighted by atomic mass is 35.5. The van der Waals surface area contributed by atoms with E-state index in [-0.39, 0.29) is 29.0 Å². The minimum atomic E-state index is -3.42. The molecule has 0 spiro atoms. The van der Waals surface area contributed by atoms with Gasteiger partial charge in [0.1, 0.15) is 5.82 Å². The topological polar surface area (TPSA) is 66.5 Å². The van der Waals surface area contributed by atoms with Gasteiger partial charge in [0.15, 0.2) is 0 Å². The van der Waals surface area contributed by atoms with Crippen LogP contribution in [0.2, 0.25) is 5.02 Å². The lowest BCUT2D eigenvalue weighted by Gasteiger charge is -2.29. The van der Waals surface area contributed by atoms with E-state index in [1.807, 2.05) is 0 Å². The van der Waals surface area contributed by atoms with E-state index in [4.69, 9.17) is 11.6 Å². The summed E-state index contributed by atoms with van der Waals surface area (Å²) in [6.07, 6.45) is 1.37. The van der Waals surface area contributed by atoms with Crippen molar-refractivity contribution in [2.24, 2.45) is 0 Å². The largest absolute Gasteiger partial charge is 0.348 e. The highest BCUT2D eigenvalue weighted by molar-refractivity contribution is 7.92. The van der Waals surface area contributed by atoms with E-state index in [9.17, 15) is 17.6 Å². The molecule has 8 heteroatoms. The second-order valence-corrected chi connectivity index (χ2v) is 8.49. The number of rotatable bonds is 4. The standard InChI is InChI=1S/C18H18ClFN2O3S/c19-16-8-5-14(11-17(16)22-9-1-2-10-26(22,24)25)18(23)21-12-13-3-6-15(20)7-4-13/h3-8,11H,1-2,9-10,12H2,(H,21,23). The van der Waals surface area contributed by atoms with Crippen LogP contribution in [0.15, 0.2) is 42.5 Å². The first-order chi connectivity index (χ1) is 12.4. The average molecular weight is 397 g/mol. The molecule has 138 valence electrons. The third-order valence-electron chi connectivity index (χ3n) is 4.19. The fourth-order valence-corrected chi connectivity index (χ4v) is 4.71. The molecule has 0 radical (unpaired) electrons. The fourth-order valence-electron chi connectivity index (χ4n) is 2.79. The maximum atomic E-state index is 12.9. The summed E-state index contributed by atoms with van der Waals surface area (Å²) in [5.74, 6) is -0.628. The first kappa shape index (κ1) is 18.7. The summed E-state index contributed by atoms with van der Waals surface area (Å²) in [5.41, 5.74) is 1.39. The quantitative estimate of drug-likeness (QED) is 0.861. The number of nitrogens with zero attached hydrogens (tertiary/aromatic N) is 1. The Morgan fingerprint density at radius 3 is 2.58 bits per heavy atom. The van der Waals surface area contributed by atoms with Crippen molar-refractivity contribution in [1.29, 1.82) is 0 Å². The van der Waals surface area contributed by atoms with E-state index in [0.717, 1.165) is 12.0 Å². The fraction of sp³-hybridized carbons (Fsp3) is 0.278. The Labute approximate surface area is 156 Å². The maximum Gasteiger partial charge on any atom is 0.251 e. The lowest BCUT2D eigenvalue weighted by molar-refractivity contribution is 0.0951. The van der Waals surface area contributed by atoms with Gasteiger partial charge in [0.2, 0.25) is 10.0 Å². The first-order valence-corrected chi connectivity index (χ1v) is 10.2. The molecule has 1 aliphatic rings.